The van der Waals surface area contributed by atoms with Gasteiger partial charge in [-0.15, -0.1) is 0 Å². The van der Waals surface area contributed by atoms with Gasteiger partial charge < -0.3 is 248 Å². The maximum absolute atomic E-state index is 14.5. The predicted molar refractivity (Wildman–Crippen MR) is 411 cm³/mol. The SMILES string of the molecule is CC(=O)NC1C(O)[C@H](O[C@@H]2OC(CO[C@]3(C(=O)NCCOCCOCCOCCN=[N+]=[N-])CC(O)[C@@H](NC(C)=O)C([C@H](O)[C@H](O)CO)O3)[C@H](O)C(O)C2O)C(CO)O[C@H]1OC1C(O)[C@H](O)C(CO)O[C@@H]1OC1C(O)[C@H](O[C@@H]2C(CO)O[C@H]3OC(C)=N[C@H]3C2O)OC(CO[C@H]2OC(CO)[C@@H](O)C(O)C2O[C@@H]2OC(CO)[C@@H](O[C@@H]3OC(CO)[C@H](O)C(O)C3O)C(O)C2NC(C)=O)[C@H]1O. The molecule has 0 radical (unpaired) electrons. The van der Waals surface area contributed by atoms with E-state index in [0.29, 0.717) is 0 Å². The number of rotatable bonds is 43. The molecule has 0 aromatic heterocycles. The summed E-state index contributed by atoms with van der Waals surface area (Å²) in [6, 6.07) is -6.87. The van der Waals surface area contributed by atoms with Gasteiger partial charge in [0, 0.05) is 52.1 Å². The Morgan fingerprint density at radius 1 is 0.443 bits per heavy atom. The number of fused-ring (bicyclic) bond motifs is 1. The average molecular weight is 1910 g/mol. The van der Waals surface area contributed by atoms with Crippen molar-refractivity contribution in [3.63, 3.8) is 0 Å². The first-order valence-corrected chi connectivity index (χ1v) is 42.0. The lowest BCUT2D eigenvalue weighted by atomic mass is 9.88. The lowest BCUT2D eigenvalue weighted by molar-refractivity contribution is -0.397. The van der Waals surface area contributed by atoms with Crippen LogP contribution in [0.1, 0.15) is 34.1 Å². The van der Waals surface area contributed by atoms with Crippen molar-refractivity contribution < 1.29 is 246 Å². The second kappa shape index (κ2) is 49.4. The zero-order chi connectivity index (χ0) is 95.9. The molecule has 0 saturated carbocycles. The van der Waals surface area contributed by atoms with Crippen LogP contribution in [0.3, 0.4) is 0 Å². The van der Waals surface area contributed by atoms with Crippen LogP contribution in [0.5, 0.6) is 0 Å². The highest BCUT2D eigenvalue weighted by molar-refractivity contribution is 5.84. The van der Waals surface area contributed by atoms with E-state index in [4.69, 9.17) is 105 Å². The van der Waals surface area contributed by atoms with Crippen molar-refractivity contribution in [3.8, 4) is 0 Å². The van der Waals surface area contributed by atoms with E-state index < -0.39 is 371 Å². The Labute approximate surface area is 743 Å². The van der Waals surface area contributed by atoms with Gasteiger partial charge in [0.1, 0.15) is 213 Å². The third kappa shape index (κ3) is 25.7. The second-order valence-electron chi connectivity index (χ2n) is 32.4. The minimum atomic E-state index is -2.86. The number of ether oxygens (including phenoxy) is 21. The highest BCUT2D eigenvalue weighted by Crippen LogP contribution is 2.42. The number of hydrogen-bond donors (Lipinski definition) is 29. The van der Waals surface area contributed by atoms with Crippen LogP contribution in [0.15, 0.2) is 10.1 Å². The van der Waals surface area contributed by atoms with Crippen LogP contribution in [0, 0.1) is 0 Å². The number of azide groups is 1. The molecule has 46 atom stereocenters. The first kappa shape index (κ1) is 108. The highest BCUT2D eigenvalue weighted by atomic mass is 16.8. The Morgan fingerprint density at radius 3 is 1.34 bits per heavy atom. The fraction of sp³-hybridized carbons (Fsp3) is 0.932. The van der Waals surface area contributed by atoms with E-state index in [2.05, 4.69) is 36.3 Å². The van der Waals surface area contributed by atoms with Gasteiger partial charge in [-0.2, -0.15) is 0 Å². The van der Waals surface area contributed by atoms with Crippen molar-refractivity contribution >= 4 is 29.5 Å². The fourth-order valence-corrected chi connectivity index (χ4v) is 16.3. The Hall–Kier alpha value is -5.14. The molecule has 754 valence electrons. The standard InChI is InChI=1S/C73H122N8O50/c1-23(89)77-37-27(92)13-73(131-60(37)41(94)28(93)14-82,72(110)75-5-7-111-9-11-113-12-10-112-8-6-76-81-74)115-22-36-45(98)51(104)55(108)68(124-36)126-58-34(20-88)122-66(39(48(58)101)79-25(3)91)130-63-53(106)44(97)31(17-85)119-71(63)128-61-46(99)35(123-69(56(61)109)127-59-32(18-86)120-64-40(49(59)102)80-26(4)116-64)21-114-70-62(52(105)43(96)30(16-84)118-70)129-65-38(78-24(2)90)47(100)57(33(19-87)121-65)125-67-54(107)50(103)42(95)29(15-83)117-67/h27-71,82-88,92-109H,5-22H2,1-4H3,(H,75,110)(H,77,89)(H,78,90)(H,79,91)/t27?,28-,29?,30?,31?,32?,33?,34?,35?,36?,37-,38?,39?,40+,41-,42+,43-,44-,45+,46-,47?,48?,49?,50?,51?,52?,53?,54?,55?,56?,57-,58-,59-,60?,61?,62?,63?,64-,65+,66+,67+,68+,69+,70+,71-,73-/m1/s1. The molecule has 58 nitrogen and oxygen atoms in total. The van der Waals surface area contributed by atoms with Gasteiger partial charge in [0.15, 0.2) is 49.9 Å². The van der Waals surface area contributed by atoms with Crippen molar-refractivity contribution in [1.82, 2.24) is 21.3 Å². The molecule has 0 bridgehead atoms. The number of nitrogens with one attached hydrogen (secondary N) is 4. The molecule has 10 aliphatic rings. The molecule has 0 aliphatic carbocycles. The maximum atomic E-state index is 14.5. The summed E-state index contributed by atoms with van der Waals surface area (Å²) in [7, 11) is 0. The first-order valence-electron chi connectivity index (χ1n) is 42.0. The fourth-order valence-electron chi connectivity index (χ4n) is 16.3. The molecule has 58 heteroatoms. The molecule has 131 heavy (non-hydrogen) atoms. The molecular weight excluding hydrogens is 1790 g/mol. The van der Waals surface area contributed by atoms with Gasteiger partial charge in [0.05, 0.1) is 111 Å². The van der Waals surface area contributed by atoms with Crippen LogP contribution >= 0.6 is 0 Å². The smallest absolute Gasteiger partial charge is 0.280 e. The summed E-state index contributed by atoms with van der Waals surface area (Å²) >= 11 is 0. The summed E-state index contributed by atoms with van der Waals surface area (Å²) in [5.41, 5.74) is 8.42. The van der Waals surface area contributed by atoms with Crippen LogP contribution in [0.4, 0.5) is 0 Å². The predicted octanol–water partition coefficient (Wildman–Crippen LogP) is -19.1. The van der Waals surface area contributed by atoms with E-state index in [1.807, 2.05) is 0 Å². The number of carbonyl (C=O) groups is 4. The van der Waals surface area contributed by atoms with Crippen LogP contribution in [0.25, 0.3) is 10.4 Å². The van der Waals surface area contributed by atoms with Crippen LogP contribution < -0.4 is 21.3 Å². The minimum absolute atomic E-state index is 0.0143. The maximum Gasteiger partial charge on any atom is 0.280 e. The zero-order valence-electron chi connectivity index (χ0n) is 70.9. The molecule has 4 amide bonds. The van der Waals surface area contributed by atoms with E-state index in [9.17, 15) is 147 Å². The summed E-state index contributed by atoms with van der Waals surface area (Å²) in [5.74, 6) is -6.84. The molecule has 29 N–H and O–H groups in total. The van der Waals surface area contributed by atoms with Crippen molar-refractivity contribution in [2.24, 2.45) is 10.1 Å². The van der Waals surface area contributed by atoms with Gasteiger partial charge in [0.2, 0.25) is 24.0 Å². The molecule has 10 aliphatic heterocycles. The number of carbonyl (C=O) groups excluding carboxylic acids is 4. The van der Waals surface area contributed by atoms with E-state index in [1.165, 1.54) is 6.92 Å². The van der Waals surface area contributed by atoms with Gasteiger partial charge in [-0.1, -0.05) is 5.11 Å². The van der Waals surface area contributed by atoms with Crippen molar-refractivity contribution in [3.05, 3.63) is 10.4 Å². The highest BCUT2D eigenvalue weighted by Gasteiger charge is 2.63. The topological polar surface area (TPSA) is 877 Å². The molecule has 9 fully saturated rings. The summed E-state index contributed by atoms with van der Waals surface area (Å²) in [5, 5.41) is 294. The van der Waals surface area contributed by atoms with Gasteiger partial charge >= 0.3 is 0 Å². The van der Waals surface area contributed by atoms with Gasteiger partial charge in [0.25, 0.3) is 11.7 Å². The Balaban J connectivity index is 0.894. The van der Waals surface area contributed by atoms with Crippen molar-refractivity contribution in [1.29, 1.82) is 0 Å². The summed E-state index contributed by atoms with van der Waals surface area (Å²) in [6.07, 6.45) is -86.4. The summed E-state index contributed by atoms with van der Waals surface area (Å²) in [6.45, 7) is -5.67. The third-order valence-corrected chi connectivity index (χ3v) is 23.2. The number of aliphatic hydroxyl groups is 25. The lowest BCUT2D eigenvalue weighted by Gasteiger charge is -2.51. The Bertz CT molecular complexity index is 3630. The number of hydrogen-bond acceptors (Lipinski definition) is 52. The van der Waals surface area contributed by atoms with Crippen molar-refractivity contribution in [2.45, 2.75) is 316 Å². The molecule has 0 aromatic rings. The molecular formula is C73H122N8O50. The molecule has 10 rings (SSSR count). The van der Waals surface area contributed by atoms with E-state index >= 15 is 0 Å². The van der Waals surface area contributed by atoms with Gasteiger partial charge in [-0.3, -0.25) is 19.2 Å². The van der Waals surface area contributed by atoms with Gasteiger partial charge in [-0.05, 0) is 5.53 Å². The van der Waals surface area contributed by atoms with E-state index in [1.54, 1.807) is 0 Å². The Kier molecular flexibility index (Phi) is 40.7. The zero-order valence-corrected chi connectivity index (χ0v) is 70.9. The van der Waals surface area contributed by atoms with E-state index in [-0.39, 0.29) is 58.6 Å². The largest absolute Gasteiger partial charge is 0.450 e. The monoisotopic (exact) mass is 1910 g/mol. The second-order valence-corrected chi connectivity index (χ2v) is 32.4. The number of aliphatic imine (C=N–C) groups is 1. The number of nitrogens with zero attached hydrogens (tertiary/aromatic N) is 4. The van der Waals surface area contributed by atoms with E-state index in [0.717, 1.165) is 20.8 Å². The van der Waals surface area contributed by atoms with Crippen LogP contribution in [-0.2, 0) is 119 Å². The summed E-state index contributed by atoms with van der Waals surface area (Å²) in [4.78, 5) is 60.0. The minimum Gasteiger partial charge on any atom is -0.450 e. The first-order chi connectivity index (χ1) is 62.3. The summed E-state index contributed by atoms with van der Waals surface area (Å²) < 4.78 is 124. The van der Waals surface area contributed by atoms with Crippen LogP contribution in [-0.4, -0.2) is 551 Å². The number of amides is 4. The molecule has 9 saturated heterocycles. The van der Waals surface area contributed by atoms with Crippen LogP contribution in [0.2, 0.25) is 0 Å². The lowest BCUT2D eigenvalue weighted by Crippen LogP contribution is -2.70. The molecule has 0 spiro atoms. The molecule has 25 unspecified atom stereocenters. The van der Waals surface area contributed by atoms with Crippen molar-refractivity contribution in [2.75, 3.05) is 112 Å². The molecule has 0 aromatic carbocycles. The number of aliphatic hydroxyl groups excluding tert-OH is 25. The molecule has 10 heterocycles. The Morgan fingerprint density at radius 2 is 0.847 bits per heavy atom. The normalized spacial score (nSPS) is 44.3. The van der Waals surface area contributed by atoms with Gasteiger partial charge in [-0.25, -0.2) is 4.99 Å². The average Bonchev–Trinajstić information content (AvgIpc) is 1.71. The quantitative estimate of drug-likeness (QED) is 0.0117. The third-order valence-electron chi connectivity index (χ3n) is 23.2.